The molecule has 0 heterocycles. The van der Waals surface area contributed by atoms with Gasteiger partial charge in [0.15, 0.2) is 6.61 Å². The summed E-state index contributed by atoms with van der Waals surface area (Å²) in [5.41, 5.74) is 5.65. The van der Waals surface area contributed by atoms with Crippen LogP contribution in [0.2, 0.25) is 5.02 Å². The Balaban J connectivity index is 1.49. The highest BCUT2D eigenvalue weighted by Crippen LogP contribution is 2.20. The van der Waals surface area contributed by atoms with Gasteiger partial charge in [-0.2, -0.15) is 5.10 Å². The van der Waals surface area contributed by atoms with Crippen LogP contribution in [0.4, 0.5) is 11.4 Å². The Hall–Kier alpha value is -4.17. The number of hydrazone groups is 1. The van der Waals surface area contributed by atoms with Gasteiger partial charge in [0, 0.05) is 16.4 Å². The number of anilines is 2. The molecule has 0 bridgehead atoms. The molecule has 0 aliphatic rings. The van der Waals surface area contributed by atoms with Gasteiger partial charge in [-0.05, 0) is 60.9 Å². The molecule has 0 unspecified atom stereocenters. The predicted octanol–water partition coefficient (Wildman–Crippen LogP) is 4.06. The van der Waals surface area contributed by atoms with Crippen LogP contribution in [-0.4, -0.2) is 30.5 Å². The summed E-state index contributed by atoms with van der Waals surface area (Å²) in [4.78, 5) is 36.1. The highest BCUT2D eigenvalue weighted by atomic mass is 35.5. The zero-order chi connectivity index (χ0) is 24.5. The zero-order valence-corrected chi connectivity index (χ0v) is 19.3. The molecule has 3 rings (SSSR count). The number of aryl methyl sites for hydroxylation is 2. The second kappa shape index (κ2) is 11.6. The van der Waals surface area contributed by atoms with E-state index in [1.54, 1.807) is 48.5 Å². The topological polar surface area (TPSA) is 109 Å². The molecule has 0 fully saturated rings. The largest absolute Gasteiger partial charge is 0.484 e. The van der Waals surface area contributed by atoms with Gasteiger partial charge >= 0.3 is 11.8 Å². The smallest absolute Gasteiger partial charge is 0.329 e. The van der Waals surface area contributed by atoms with Crippen molar-refractivity contribution >= 4 is 46.9 Å². The van der Waals surface area contributed by atoms with E-state index in [4.69, 9.17) is 16.3 Å². The minimum Gasteiger partial charge on any atom is -0.484 e. The molecule has 0 saturated heterocycles. The van der Waals surface area contributed by atoms with Crippen molar-refractivity contribution in [1.82, 2.24) is 5.43 Å². The van der Waals surface area contributed by atoms with E-state index in [0.717, 1.165) is 11.1 Å². The van der Waals surface area contributed by atoms with E-state index >= 15 is 0 Å². The van der Waals surface area contributed by atoms with Gasteiger partial charge in [-0.1, -0.05) is 48.0 Å². The van der Waals surface area contributed by atoms with Crippen molar-refractivity contribution < 1.29 is 19.1 Å². The van der Waals surface area contributed by atoms with Gasteiger partial charge < -0.3 is 15.4 Å². The summed E-state index contributed by atoms with van der Waals surface area (Å²) in [7, 11) is 0. The van der Waals surface area contributed by atoms with Crippen LogP contribution in [0.1, 0.15) is 16.7 Å². The molecule has 3 amide bonds. The molecule has 9 heteroatoms. The van der Waals surface area contributed by atoms with Crippen LogP contribution in [0.5, 0.6) is 5.75 Å². The van der Waals surface area contributed by atoms with E-state index in [1.165, 1.54) is 6.21 Å². The van der Waals surface area contributed by atoms with Crippen LogP contribution in [-0.2, 0) is 14.4 Å². The lowest BCUT2D eigenvalue weighted by molar-refractivity contribution is -0.136. The van der Waals surface area contributed by atoms with Gasteiger partial charge in [0.1, 0.15) is 5.75 Å². The van der Waals surface area contributed by atoms with Crippen molar-refractivity contribution in [2.45, 2.75) is 13.8 Å². The minimum absolute atomic E-state index is 0.206. The standard InChI is InChI=1S/C25H23ClN4O4/c1-16-10-11-19(13-21(16)26)28-23(31)15-34-20-8-5-7-18(12-20)14-27-30-25(33)24(32)29-22-9-4-3-6-17(22)2/h3-14H,15H2,1-2H3,(H,28,31)(H,29,32)(H,30,33)/b27-14-. The van der Waals surface area contributed by atoms with Crippen molar-refractivity contribution in [3.63, 3.8) is 0 Å². The fourth-order valence-corrected chi connectivity index (χ4v) is 2.99. The highest BCUT2D eigenvalue weighted by molar-refractivity contribution is 6.39. The minimum atomic E-state index is -0.903. The lowest BCUT2D eigenvalue weighted by atomic mass is 10.2. The quantitative estimate of drug-likeness (QED) is 0.270. The Morgan fingerprint density at radius 3 is 2.47 bits per heavy atom. The summed E-state index contributed by atoms with van der Waals surface area (Å²) >= 11 is 6.07. The molecule has 0 aliphatic carbocycles. The van der Waals surface area contributed by atoms with Gasteiger partial charge in [0.2, 0.25) is 0 Å². The molecule has 3 N–H and O–H groups in total. The van der Waals surface area contributed by atoms with Crippen LogP contribution in [0.15, 0.2) is 71.8 Å². The number of hydrogen-bond donors (Lipinski definition) is 3. The van der Waals surface area contributed by atoms with Gasteiger partial charge in [-0.3, -0.25) is 14.4 Å². The van der Waals surface area contributed by atoms with Crippen LogP contribution in [0, 0.1) is 13.8 Å². The van der Waals surface area contributed by atoms with E-state index in [9.17, 15) is 14.4 Å². The molecule has 34 heavy (non-hydrogen) atoms. The zero-order valence-electron chi connectivity index (χ0n) is 18.6. The molecule has 0 saturated carbocycles. The van der Waals surface area contributed by atoms with Crippen LogP contribution in [0.3, 0.4) is 0 Å². The Morgan fingerprint density at radius 1 is 0.912 bits per heavy atom. The molecule has 3 aromatic carbocycles. The SMILES string of the molecule is Cc1ccc(NC(=O)COc2cccc(/C=N\NC(=O)C(=O)Nc3ccccc3C)c2)cc1Cl. The summed E-state index contributed by atoms with van der Waals surface area (Å²) in [5.74, 6) is -1.64. The van der Waals surface area contributed by atoms with Gasteiger partial charge in [-0.15, -0.1) is 0 Å². The molecule has 0 atom stereocenters. The highest BCUT2D eigenvalue weighted by Gasteiger charge is 2.13. The summed E-state index contributed by atoms with van der Waals surface area (Å²) in [6, 6.07) is 19.1. The number of nitrogens with zero attached hydrogens (tertiary/aromatic N) is 1. The summed E-state index contributed by atoms with van der Waals surface area (Å²) in [6.45, 7) is 3.49. The van der Waals surface area contributed by atoms with E-state index in [0.29, 0.717) is 27.7 Å². The van der Waals surface area contributed by atoms with Crippen LogP contribution < -0.4 is 20.8 Å². The van der Waals surface area contributed by atoms with E-state index in [2.05, 4.69) is 21.2 Å². The molecular formula is C25H23ClN4O4. The summed E-state index contributed by atoms with van der Waals surface area (Å²) in [5, 5.41) is 9.60. The molecular weight excluding hydrogens is 456 g/mol. The maximum absolute atomic E-state index is 12.1. The third-order valence-electron chi connectivity index (χ3n) is 4.66. The number of benzene rings is 3. The molecule has 174 valence electrons. The fourth-order valence-electron chi connectivity index (χ4n) is 2.81. The Bertz CT molecular complexity index is 1240. The van der Waals surface area contributed by atoms with Crippen molar-refractivity contribution in [2.75, 3.05) is 17.2 Å². The molecule has 3 aromatic rings. The monoisotopic (exact) mass is 478 g/mol. The van der Waals surface area contributed by atoms with Crippen molar-refractivity contribution in [2.24, 2.45) is 5.10 Å². The fraction of sp³-hybridized carbons (Fsp3) is 0.120. The molecule has 0 aromatic heterocycles. The van der Waals surface area contributed by atoms with Crippen LogP contribution >= 0.6 is 11.6 Å². The first-order valence-corrected chi connectivity index (χ1v) is 10.7. The number of hydrogen-bond acceptors (Lipinski definition) is 5. The average molecular weight is 479 g/mol. The maximum atomic E-state index is 12.1. The molecule has 8 nitrogen and oxygen atoms in total. The second-order valence-electron chi connectivity index (χ2n) is 7.34. The summed E-state index contributed by atoms with van der Waals surface area (Å²) < 4.78 is 5.52. The normalized spacial score (nSPS) is 10.6. The van der Waals surface area contributed by atoms with Gasteiger partial charge in [0.05, 0.1) is 6.21 Å². The third-order valence-corrected chi connectivity index (χ3v) is 5.07. The van der Waals surface area contributed by atoms with Gasteiger partial charge in [0.25, 0.3) is 5.91 Å². The van der Waals surface area contributed by atoms with Crippen molar-refractivity contribution in [1.29, 1.82) is 0 Å². The average Bonchev–Trinajstić information content (AvgIpc) is 2.82. The molecule has 0 radical (unpaired) electrons. The van der Waals surface area contributed by atoms with Gasteiger partial charge in [-0.25, -0.2) is 5.43 Å². The number of amides is 3. The maximum Gasteiger partial charge on any atom is 0.329 e. The number of carbonyl (C=O) groups excluding carboxylic acids is 3. The lowest BCUT2D eigenvalue weighted by Crippen LogP contribution is -2.32. The summed E-state index contributed by atoms with van der Waals surface area (Å²) in [6.07, 6.45) is 1.36. The number of para-hydroxylation sites is 1. The third kappa shape index (κ3) is 7.18. The molecule has 0 aliphatic heterocycles. The number of rotatable bonds is 7. The number of nitrogens with one attached hydrogen (secondary N) is 3. The first kappa shape index (κ1) is 24.5. The second-order valence-corrected chi connectivity index (χ2v) is 7.75. The van der Waals surface area contributed by atoms with Crippen molar-refractivity contribution in [3.8, 4) is 5.75 Å². The predicted molar refractivity (Wildman–Crippen MR) is 132 cm³/mol. The van der Waals surface area contributed by atoms with E-state index in [-0.39, 0.29) is 12.5 Å². The number of halogens is 1. The number of carbonyl (C=O) groups is 3. The first-order chi connectivity index (χ1) is 16.3. The molecule has 0 spiro atoms. The Kier molecular flexibility index (Phi) is 8.37. The lowest BCUT2D eigenvalue weighted by Gasteiger charge is -2.09. The van der Waals surface area contributed by atoms with Crippen molar-refractivity contribution in [3.05, 3.63) is 88.4 Å². The van der Waals surface area contributed by atoms with Crippen LogP contribution in [0.25, 0.3) is 0 Å². The number of ether oxygens (including phenoxy) is 1. The Morgan fingerprint density at radius 2 is 1.71 bits per heavy atom. The van der Waals surface area contributed by atoms with E-state index < -0.39 is 11.8 Å². The first-order valence-electron chi connectivity index (χ1n) is 10.3. The van der Waals surface area contributed by atoms with E-state index in [1.807, 2.05) is 32.0 Å². The Labute approximate surface area is 202 Å².